The smallest absolute Gasteiger partial charge is 0.331 e. The predicted octanol–water partition coefficient (Wildman–Crippen LogP) is 1.27. The van der Waals surface area contributed by atoms with Gasteiger partial charge in [-0.05, 0) is 6.07 Å². The summed E-state index contributed by atoms with van der Waals surface area (Å²) in [6.45, 7) is 0. The molecule has 2 N–H and O–H groups in total. The highest BCUT2D eigenvalue weighted by atomic mass is 16.6. The standard InChI is InChI=1S/C9H7N5O4/c10-9-8(14(17)18)5-11-12(9)6-3-1-2-4-7(6)13(15)16/h1-5H,10H2. The van der Waals surface area contributed by atoms with Gasteiger partial charge in [-0.1, -0.05) is 12.1 Å². The van der Waals surface area contributed by atoms with Crippen LogP contribution in [0.1, 0.15) is 0 Å². The molecule has 0 spiro atoms. The Morgan fingerprint density at radius 1 is 1.11 bits per heavy atom. The second kappa shape index (κ2) is 4.13. The molecular formula is C9H7N5O4. The Labute approximate surface area is 99.7 Å². The quantitative estimate of drug-likeness (QED) is 0.643. The van der Waals surface area contributed by atoms with E-state index in [0.717, 1.165) is 10.9 Å². The van der Waals surface area contributed by atoms with Crippen LogP contribution in [0.2, 0.25) is 0 Å². The fraction of sp³-hybridized carbons (Fsp3) is 0. The number of nitrogen functional groups attached to an aromatic ring is 1. The van der Waals surface area contributed by atoms with E-state index in [-0.39, 0.29) is 17.2 Å². The summed E-state index contributed by atoms with van der Waals surface area (Å²) >= 11 is 0. The summed E-state index contributed by atoms with van der Waals surface area (Å²) in [5.74, 6) is -0.255. The average molecular weight is 249 g/mol. The first kappa shape index (κ1) is 11.5. The summed E-state index contributed by atoms with van der Waals surface area (Å²) < 4.78 is 0.969. The van der Waals surface area contributed by atoms with Crippen molar-refractivity contribution in [3.05, 3.63) is 50.7 Å². The summed E-state index contributed by atoms with van der Waals surface area (Å²) in [5.41, 5.74) is 4.99. The van der Waals surface area contributed by atoms with Crippen LogP contribution in [-0.2, 0) is 0 Å². The van der Waals surface area contributed by atoms with Crippen molar-refractivity contribution in [2.45, 2.75) is 0 Å². The number of hydrogen-bond donors (Lipinski definition) is 1. The Hall–Kier alpha value is -2.97. The Kier molecular flexibility index (Phi) is 2.64. The third kappa shape index (κ3) is 1.73. The number of nitro groups is 2. The van der Waals surface area contributed by atoms with Crippen LogP contribution in [-0.4, -0.2) is 19.6 Å². The number of hydrogen-bond acceptors (Lipinski definition) is 6. The van der Waals surface area contributed by atoms with E-state index >= 15 is 0 Å². The number of nitrogens with zero attached hydrogens (tertiary/aromatic N) is 4. The second-order valence-corrected chi connectivity index (χ2v) is 3.33. The first-order valence-corrected chi connectivity index (χ1v) is 4.74. The monoisotopic (exact) mass is 249 g/mol. The van der Waals surface area contributed by atoms with E-state index in [0.29, 0.717) is 0 Å². The molecule has 0 atom stereocenters. The summed E-state index contributed by atoms with van der Waals surface area (Å²) in [7, 11) is 0. The van der Waals surface area contributed by atoms with Crippen molar-refractivity contribution in [1.82, 2.24) is 9.78 Å². The molecule has 0 bridgehead atoms. The molecule has 0 aliphatic rings. The van der Waals surface area contributed by atoms with Gasteiger partial charge in [0.15, 0.2) is 0 Å². The SMILES string of the molecule is Nc1c([N+](=O)[O-])cnn1-c1ccccc1[N+](=O)[O-]. The molecule has 0 fully saturated rings. The maximum Gasteiger partial charge on any atom is 0.331 e. The van der Waals surface area contributed by atoms with Gasteiger partial charge in [-0.15, -0.1) is 0 Å². The molecule has 1 aromatic heterocycles. The first-order chi connectivity index (χ1) is 8.52. The van der Waals surface area contributed by atoms with Gasteiger partial charge in [0, 0.05) is 6.07 Å². The highest BCUT2D eigenvalue weighted by Crippen LogP contribution is 2.28. The van der Waals surface area contributed by atoms with Gasteiger partial charge in [0.2, 0.25) is 5.82 Å². The van der Waals surface area contributed by atoms with Crippen LogP contribution in [0.25, 0.3) is 5.69 Å². The largest absolute Gasteiger partial charge is 0.378 e. The van der Waals surface area contributed by atoms with Crippen molar-refractivity contribution in [2.24, 2.45) is 0 Å². The van der Waals surface area contributed by atoms with E-state index in [9.17, 15) is 20.2 Å². The van der Waals surface area contributed by atoms with E-state index in [1.807, 2.05) is 0 Å². The van der Waals surface area contributed by atoms with Gasteiger partial charge in [-0.3, -0.25) is 20.2 Å². The Bertz CT molecular complexity index is 636. The van der Waals surface area contributed by atoms with Crippen LogP contribution in [0.5, 0.6) is 0 Å². The van der Waals surface area contributed by atoms with Crippen LogP contribution in [0, 0.1) is 20.2 Å². The molecule has 18 heavy (non-hydrogen) atoms. The lowest BCUT2D eigenvalue weighted by Crippen LogP contribution is -2.05. The van der Waals surface area contributed by atoms with E-state index < -0.39 is 15.5 Å². The molecule has 1 heterocycles. The minimum absolute atomic E-state index is 0.0769. The molecule has 0 aliphatic carbocycles. The minimum Gasteiger partial charge on any atom is -0.378 e. The summed E-state index contributed by atoms with van der Waals surface area (Å²) in [5, 5.41) is 25.2. The summed E-state index contributed by atoms with van der Waals surface area (Å²) in [6.07, 6.45) is 0.950. The number of aromatic nitrogens is 2. The molecule has 0 amide bonds. The van der Waals surface area contributed by atoms with Gasteiger partial charge < -0.3 is 5.73 Å². The average Bonchev–Trinajstić information content (AvgIpc) is 2.71. The molecular weight excluding hydrogens is 242 g/mol. The summed E-state index contributed by atoms with van der Waals surface area (Å²) in [6, 6.07) is 5.71. The van der Waals surface area contributed by atoms with E-state index in [2.05, 4.69) is 5.10 Å². The van der Waals surface area contributed by atoms with Crippen molar-refractivity contribution in [1.29, 1.82) is 0 Å². The van der Waals surface area contributed by atoms with Crippen LogP contribution >= 0.6 is 0 Å². The van der Waals surface area contributed by atoms with Crippen LogP contribution in [0.15, 0.2) is 30.5 Å². The van der Waals surface area contributed by atoms with Gasteiger partial charge in [0.1, 0.15) is 11.9 Å². The van der Waals surface area contributed by atoms with Crippen molar-refractivity contribution in [2.75, 3.05) is 5.73 Å². The van der Waals surface area contributed by atoms with Crippen molar-refractivity contribution < 1.29 is 9.85 Å². The van der Waals surface area contributed by atoms with E-state index in [1.165, 1.54) is 18.2 Å². The Balaban J connectivity index is 2.63. The summed E-state index contributed by atoms with van der Waals surface area (Å²) in [4.78, 5) is 20.2. The molecule has 2 aromatic rings. The molecule has 9 heteroatoms. The maximum atomic E-state index is 10.8. The van der Waals surface area contributed by atoms with Gasteiger partial charge in [-0.25, -0.2) is 4.68 Å². The minimum atomic E-state index is -0.701. The number of nitrogens with two attached hydrogens (primary N) is 1. The van der Waals surface area contributed by atoms with Crippen LogP contribution in [0.4, 0.5) is 17.2 Å². The van der Waals surface area contributed by atoms with Gasteiger partial charge >= 0.3 is 5.69 Å². The first-order valence-electron chi connectivity index (χ1n) is 4.74. The third-order valence-electron chi connectivity index (χ3n) is 2.29. The molecule has 2 rings (SSSR count). The molecule has 92 valence electrons. The third-order valence-corrected chi connectivity index (χ3v) is 2.29. The second-order valence-electron chi connectivity index (χ2n) is 3.33. The lowest BCUT2D eigenvalue weighted by molar-refractivity contribution is -0.384. The molecule has 0 unspecified atom stereocenters. The van der Waals surface area contributed by atoms with E-state index in [1.54, 1.807) is 6.07 Å². The normalized spacial score (nSPS) is 10.2. The van der Waals surface area contributed by atoms with E-state index in [4.69, 9.17) is 5.73 Å². The van der Waals surface area contributed by atoms with Crippen molar-refractivity contribution >= 4 is 17.2 Å². The lowest BCUT2D eigenvalue weighted by Gasteiger charge is -2.03. The number of nitro benzene ring substituents is 1. The Morgan fingerprint density at radius 2 is 1.72 bits per heavy atom. The molecule has 0 saturated carbocycles. The number of benzene rings is 1. The zero-order chi connectivity index (χ0) is 13.3. The molecule has 0 saturated heterocycles. The van der Waals surface area contributed by atoms with Crippen molar-refractivity contribution in [3.63, 3.8) is 0 Å². The van der Waals surface area contributed by atoms with Gasteiger partial charge in [-0.2, -0.15) is 5.10 Å². The lowest BCUT2D eigenvalue weighted by atomic mass is 10.2. The molecule has 1 aromatic carbocycles. The highest BCUT2D eigenvalue weighted by molar-refractivity contribution is 5.61. The zero-order valence-corrected chi connectivity index (χ0v) is 8.89. The zero-order valence-electron chi connectivity index (χ0n) is 8.89. The maximum absolute atomic E-state index is 10.8. The topological polar surface area (TPSA) is 130 Å². The van der Waals surface area contributed by atoms with Gasteiger partial charge in [0.25, 0.3) is 5.69 Å². The number of para-hydroxylation sites is 2. The molecule has 0 aliphatic heterocycles. The Morgan fingerprint density at radius 3 is 2.28 bits per heavy atom. The van der Waals surface area contributed by atoms with Crippen molar-refractivity contribution in [3.8, 4) is 5.69 Å². The predicted molar refractivity (Wildman–Crippen MR) is 61.3 cm³/mol. The molecule has 0 radical (unpaired) electrons. The van der Waals surface area contributed by atoms with Gasteiger partial charge in [0.05, 0.1) is 9.85 Å². The number of anilines is 1. The fourth-order valence-electron chi connectivity index (χ4n) is 1.48. The van der Waals surface area contributed by atoms with Crippen LogP contribution in [0.3, 0.4) is 0 Å². The number of rotatable bonds is 3. The fourth-order valence-corrected chi connectivity index (χ4v) is 1.48. The van der Waals surface area contributed by atoms with Crippen LogP contribution < -0.4 is 5.73 Å². The highest BCUT2D eigenvalue weighted by Gasteiger charge is 2.23. The molecule has 9 nitrogen and oxygen atoms in total.